The van der Waals surface area contributed by atoms with E-state index in [9.17, 15) is 0 Å². The van der Waals surface area contributed by atoms with Gasteiger partial charge < -0.3 is 5.32 Å². The zero-order valence-electron chi connectivity index (χ0n) is 11.4. The van der Waals surface area contributed by atoms with Gasteiger partial charge in [-0.3, -0.25) is 0 Å². The van der Waals surface area contributed by atoms with E-state index < -0.39 is 0 Å². The van der Waals surface area contributed by atoms with Crippen LogP contribution in [0.5, 0.6) is 0 Å². The lowest BCUT2D eigenvalue weighted by molar-refractivity contribution is 0.816. The molecule has 0 saturated heterocycles. The second-order valence-electron chi connectivity index (χ2n) is 4.69. The van der Waals surface area contributed by atoms with Crippen molar-refractivity contribution in [1.29, 1.82) is 0 Å². The van der Waals surface area contributed by atoms with Gasteiger partial charge in [-0.25, -0.2) is 9.97 Å². The molecular weight excluding hydrogens is 322 g/mol. The molecule has 2 rings (SSSR count). The summed E-state index contributed by atoms with van der Waals surface area (Å²) in [5.74, 6) is 2.12. The van der Waals surface area contributed by atoms with Crippen molar-refractivity contribution < 1.29 is 0 Å². The fourth-order valence-electron chi connectivity index (χ4n) is 1.65. The van der Waals surface area contributed by atoms with E-state index in [2.05, 4.69) is 58.1 Å². The van der Waals surface area contributed by atoms with Crippen molar-refractivity contribution in [2.75, 3.05) is 11.9 Å². The van der Waals surface area contributed by atoms with E-state index in [-0.39, 0.29) is 0 Å². The first-order chi connectivity index (χ1) is 9.10. The molecule has 5 heteroatoms. The Labute approximate surface area is 126 Å². The van der Waals surface area contributed by atoms with Crippen LogP contribution in [0, 0.1) is 0 Å². The third kappa shape index (κ3) is 3.76. The molecule has 19 heavy (non-hydrogen) atoms. The molecular formula is C14H18BrN3S. The number of rotatable bonds is 5. The lowest BCUT2D eigenvalue weighted by Gasteiger charge is -2.10. The van der Waals surface area contributed by atoms with Crippen molar-refractivity contribution >= 4 is 33.1 Å². The number of nitrogens with one attached hydrogen (secondary N) is 1. The zero-order valence-corrected chi connectivity index (χ0v) is 13.8. The predicted molar refractivity (Wildman–Crippen MR) is 85.9 cm³/mol. The first-order valence-corrected chi connectivity index (χ1v) is 8.09. The summed E-state index contributed by atoms with van der Waals surface area (Å²) >= 11 is 5.14. The molecule has 0 aliphatic rings. The molecule has 0 spiro atoms. The summed E-state index contributed by atoms with van der Waals surface area (Å²) in [6, 6.07) is 6.13. The van der Waals surface area contributed by atoms with E-state index in [0.29, 0.717) is 5.92 Å². The average molecular weight is 340 g/mol. The summed E-state index contributed by atoms with van der Waals surface area (Å²) in [7, 11) is 0. The van der Waals surface area contributed by atoms with Crippen LogP contribution >= 0.6 is 27.3 Å². The second-order valence-corrected chi connectivity index (χ2v) is 7.15. The van der Waals surface area contributed by atoms with Gasteiger partial charge >= 0.3 is 0 Å². The zero-order chi connectivity index (χ0) is 13.8. The number of aromatic nitrogens is 2. The van der Waals surface area contributed by atoms with Crippen molar-refractivity contribution in [2.24, 2.45) is 0 Å². The van der Waals surface area contributed by atoms with E-state index >= 15 is 0 Å². The molecule has 1 N–H and O–H groups in total. The lowest BCUT2D eigenvalue weighted by Crippen LogP contribution is -2.06. The Morgan fingerprint density at radius 1 is 1.32 bits per heavy atom. The van der Waals surface area contributed by atoms with Crippen molar-refractivity contribution in [3.63, 3.8) is 0 Å². The maximum atomic E-state index is 4.66. The summed E-state index contributed by atoms with van der Waals surface area (Å²) in [6.07, 6.45) is 1.08. The van der Waals surface area contributed by atoms with E-state index in [0.717, 1.165) is 39.0 Å². The third-order valence-electron chi connectivity index (χ3n) is 2.69. The number of nitrogens with zero attached hydrogens (tertiary/aromatic N) is 2. The highest BCUT2D eigenvalue weighted by Crippen LogP contribution is 2.30. The second kappa shape index (κ2) is 6.48. The van der Waals surface area contributed by atoms with E-state index in [1.54, 1.807) is 11.3 Å². The molecule has 0 atom stereocenters. The largest absolute Gasteiger partial charge is 0.370 e. The number of anilines is 1. The molecule has 2 aromatic heterocycles. The van der Waals surface area contributed by atoms with Gasteiger partial charge in [-0.05, 0) is 40.4 Å². The maximum Gasteiger partial charge on any atom is 0.171 e. The van der Waals surface area contributed by atoms with Gasteiger partial charge in [0.1, 0.15) is 5.82 Å². The van der Waals surface area contributed by atoms with Crippen molar-refractivity contribution in [3.05, 3.63) is 27.7 Å². The normalized spacial score (nSPS) is 11.0. The first kappa shape index (κ1) is 14.5. The number of halogens is 1. The molecule has 0 radical (unpaired) electrons. The van der Waals surface area contributed by atoms with Crippen LogP contribution in [0.25, 0.3) is 10.7 Å². The highest BCUT2D eigenvalue weighted by Gasteiger charge is 2.10. The molecule has 3 nitrogen and oxygen atoms in total. The van der Waals surface area contributed by atoms with Crippen LogP contribution in [0.1, 0.15) is 38.8 Å². The van der Waals surface area contributed by atoms with E-state index in [1.165, 1.54) is 0 Å². The minimum Gasteiger partial charge on any atom is -0.370 e. The quantitative estimate of drug-likeness (QED) is 0.840. The average Bonchev–Trinajstić information content (AvgIpc) is 2.82. The van der Waals surface area contributed by atoms with Crippen LogP contribution in [-0.2, 0) is 0 Å². The number of thiophene rings is 1. The summed E-state index contributed by atoms with van der Waals surface area (Å²) in [4.78, 5) is 10.4. The van der Waals surface area contributed by atoms with E-state index in [4.69, 9.17) is 0 Å². The Hall–Kier alpha value is -0.940. The minimum absolute atomic E-state index is 0.396. The van der Waals surface area contributed by atoms with Crippen molar-refractivity contribution in [2.45, 2.75) is 33.1 Å². The van der Waals surface area contributed by atoms with Gasteiger partial charge in [0.25, 0.3) is 0 Å². The van der Waals surface area contributed by atoms with Crippen LogP contribution < -0.4 is 5.32 Å². The molecule has 0 aromatic carbocycles. The molecule has 0 amide bonds. The molecule has 0 aliphatic carbocycles. The van der Waals surface area contributed by atoms with Crippen molar-refractivity contribution in [3.8, 4) is 10.7 Å². The summed E-state index contributed by atoms with van der Waals surface area (Å²) in [5.41, 5.74) is 1.08. The molecule has 0 saturated carbocycles. The SMILES string of the molecule is CCCNc1cc(C(C)C)nc(-c2ccc(Br)s2)n1. The third-order valence-corrected chi connectivity index (χ3v) is 4.31. The van der Waals surface area contributed by atoms with Gasteiger partial charge in [-0.2, -0.15) is 0 Å². The van der Waals surface area contributed by atoms with Gasteiger partial charge in [0, 0.05) is 18.3 Å². The molecule has 0 bridgehead atoms. The number of hydrogen-bond donors (Lipinski definition) is 1. The van der Waals surface area contributed by atoms with Crippen LogP contribution in [0.2, 0.25) is 0 Å². The number of hydrogen-bond acceptors (Lipinski definition) is 4. The van der Waals surface area contributed by atoms with Crippen LogP contribution in [0.3, 0.4) is 0 Å². The summed E-state index contributed by atoms with van der Waals surface area (Å²) in [5, 5.41) is 3.35. The highest BCUT2D eigenvalue weighted by molar-refractivity contribution is 9.11. The Morgan fingerprint density at radius 2 is 2.11 bits per heavy atom. The van der Waals surface area contributed by atoms with Crippen LogP contribution in [0.4, 0.5) is 5.82 Å². The fourth-order valence-corrected chi connectivity index (χ4v) is 2.97. The smallest absolute Gasteiger partial charge is 0.171 e. The Morgan fingerprint density at radius 3 is 2.68 bits per heavy atom. The van der Waals surface area contributed by atoms with Gasteiger partial charge in [-0.1, -0.05) is 20.8 Å². The van der Waals surface area contributed by atoms with Gasteiger partial charge in [0.2, 0.25) is 0 Å². The monoisotopic (exact) mass is 339 g/mol. The lowest BCUT2D eigenvalue weighted by atomic mass is 10.1. The molecule has 102 valence electrons. The summed E-state index contributed by atoms with van der Waals surface area (Å²) in [6.45, 7) is 7.39. The van der Waals surface area contributed by atoms with Crippen molar-refractivity contribution in [1.82, 2.24) is 9.97 Å². The minimum atomic E-state index is 0.396. The summed E-state index contributed by atoms with van der Waals surface area (Å²) < 4.78 is 1.10. The first-order valence-electron chi connectivity index (χ1n) is 6.48. The van der Waals surface area contributed by atoms with Gasteiger partial charge in [-0.15, -0.1) is 11.3 Å². The molecule has 0 fully saturated rings. The molecule has 0 unspecified atom stereocenters. The van der Waals surface area contributed by atoms with Crippen LogP contribution in [-0.4, -0.2) is 16.5 Å². The van der Waals surface area contributed by atoms with E-state index in [1.807, 2.05) is 12.1 Å². The Bertz CT molecular complexity index is 551. The topological polar surface area (TPSA) is 37.8 Å². The van der Waals surface area contributed by atoms with Gasteiger partial charge in [0.15, 0.2) is 5.82 Å². The standard InChI is InChI=1S/C14H18BrN3S/c1-4-7-16-13-8-10(9(2)3)17-14(18-13)11-5-6-12(15)19-11/h5-6,8-9H,4,7H2,1-3H3,(H,16,17,18). The fraction of sp³-hybridized carbons (Fsp3) is 0.429. The van der Waals surface area contributed by atoms with Crippen LogP contribution in [0.15, 0.2) is 22.0 Å². The van der Waals surface area contributed by atoms with Gasteiger partial charge in [0.05, 0.1) is 8.66 Å². The highest BCUT2D eigenvalue weighted by atomic mass is 79.9. The maximum absolute atomic E-state index is 4.66. The molecule has 2 aromatic rings. The predicted octanol–water partition coefficient (Wildman–Crippen LogP) is 4.91. The Balaban J connectivity index is 2.39. The molecule has 2 heterocycles. The molecule has 0 aliphatic heterocycles. The Kier molecular flexibility index (Phi) is 4.93.